The van der Waals surface area contributed by atoms with Gasteiger partial charge in [0.15, 0.2) is 11.5 Å². The Kier molecular flexibility index (Phi) is 5.71. The minimum absolute atomic E-state index is 0.204. The molecule has 1 N–H and O–H groups in total. The van der Waals surface area contributed by atoms with Crippen LogP contribution in [0.15, 0.2) is 47.4 Å². The largest absolute Gasteiger partial charge is 0.454 e. The van der Waals surface area contributed by atoms with E-state index in [4.69, 9.17) is 9.47 Å². The minimum atomic E-state index is -3.56. The minimum Gasteiger partial charge on any atom is -0.454 e. The normalized spacial score (nSPS) is 21.4. The maximum absolute atomic E-state index is 13.0. The predicted molar refractivity (Wildman–Crippen MR) is 112 cm³/mol. The first-order valence-electron chi connectivity index (χ1n) is 10.1. The van der Waals surface area contributed by atoms with Crippen LogP contribution in [0.4, 0.5) is 0 Å². The molecule has 2 atom stereocenters. The Hall–Kier alpha value is -2.58. The third-order valence-corrected chi connectivity index (χ3v) is 7.33. The van der Waals surface area contributed by atoms with Crippen molar-refractivity contribution in [2.24, 2.45) is 11.8 Å². The number of benzene rings is 2. The number of hydrogen-bond donors (Lipinski definition) is 1. The highest BCUT2D eigenvalue weighted by atomic mass is 32.2. The Morgan fingerprint density at radius 3 is 2.40 bits per heavy atom. The Bertz CT molecular complexity index is 1030. The summed E-state index contributed by atoms with van der Waals surface area (Å²) in [5.41, 5.74) is 1.30. The molecule has 2 heterocycles. The van der Waals surface area contributed by atoms with Crippen molar-refractivity contribution >= 4 is 15.9 Å². The van der Waals surface area contributed by atoms with Crippen molar-refractivity contribution in [2.75, 3.05) is 19.9 Å². The summed E-state index contributed by atoms with van der Waals surface area (Å²) in [5, 5.41) is 2.84. The second kappa shape index (κ2) is 8.28. The zero-order valence-corrected chi connectivity index (χ0v) is 17.9. The zero-order valence-electron chi connectivity index (χ0n) is 17.1. The first-order valence-corrected chi connectivity index (χ1v) is 11.5. The number of hydrogen-bond acceptors (Lipinski definition) is 5. The van der Waals surface area contributed by atoms with E-state index in [1.54, 1.807) is 16.4 Å². The van der Waals surface area contributed by atoms with E-state index in [9.17, 15) is 13.2 Å². The van der Waals surface area contributed by atoms with E-state index in [0.29, 0.717) is 48.5 Å². The number of carbonyl (C=O) groups is 1. The molecular formula is C22H26N2O5S. The monoisotopic (exact) mass is 430 g/mol. The fraction of sp³-hybridized carbons (Fsp3) is 0.409. The third-order valence-electron chi connectivity index (χ3n) is 5.48. The third kappa shape index (κ3) is 4.29. The van der Waals surface area contributed by atoms with Crippen LogP contribution in [0.3, 0.4) is 0 Å². The van der Waals surface area contributed by atoms with Gasteiger partial charge in [0.1, 0.15) is 0 Å². The summed E-state index contributed by atoms with van der Waals surface area (Å²) in [4.78, 5) is 12.7. The Labute approximate surface area is 177 Å². The molecule has 1 saturated heterocycles. The molecule has 1 fully saturated rings. The van der Waals surface area contributed by atoms with Gasteiger partial charge in [-0.25, -0.2) is 8.42 Å². The van der Waals surface area contributed by atoms with Crippen LogP contribution < -0.4 is 14.8 Å². The van der Waals surface area contributed by atoms with Crippen LogP contribution in [-0.4, -0.2) is 38.5 Å². The molecule has 0 aliphatic carbocycles. The van der Waals surface area contributed by atoms with Crippen LogP contribution >= 0.6 is 0 Å². The van der Waals surface area contributed by atoms with Crippen molar-refractivity contribution in [3.8, 4) is 11.5 Å². The van der Waals surface area contributed by atoms with Gasteiger partial charge in [-0.15, -0.1) is 0 Å². The molecule has 1 amide bonds. The number of sulfonamides is 1. The first-order chi connectivity index (χ1) is 14.3. The van der Waals surface area contributed by atoms with Crippen molar-refractivity contribution < 1.29 is 22.7 Å². The van der Waals surface area contributed by atoms with Crippen LogP contribution in [0.1, 0.15) is 36.2 Å². The van der Waals surface area contributed by atoms with Gasteiger partial charge in [-0.1, -0.05) is 19.9 Å². The SMILES string of the molecule is C[C@@H]1C[C@H](C)CN(S(=O)(=O)c2ccc(C(=O)NCc3ccc4c(c3)OCO4)cc2)C1. The maximum Gasteiger partial charge on any atom is 0.251 e. The lowest BCUT2D eigenvalue weighted by molar-refractivity contribution is 0.0950. The van der Waals surface area contributed by atoms with Gasteiger partial charge in [-0.05, 0) is 60.2 Å². The van der Waals surface area contributed by atoms with Crippen molar-refractivity contribution in [3.05, 3.63) is 53.6 Å². The summed E-state index contributed by atoms with van der Waals surface area (Å²) in [6.45, 7) is 5.75. The Morgan fingerprint density at radius 1 is 1.03 bits per heavy atom. The quantitative estimate of drug-likeness (QED) is 0.788. The van der Waals surface area contributed by atoms with Gasteiger partial charge in [0.25, 0.3) is 5.91 Å². The lowest BCUT2D eigenvalue weighted by Gasteiger charge is -2.34. The summed E-state index contributed by atoms with van der Waals surface area (Å²) >= 11 is 0. The van der Waals surface area contributed by atoms with Crippen LogP contribution in [0.25, 0.3) is 0 Å². The van der Waals surface area contributed by atoms with E-state index >= 15 is 0 Å². The fourth-order valence-electron chi connectivity index (χ4n) is 4.06. The molecule has 160 valence electrons. The number of piperidine rings is 1. The van der Waals surface area contributed by atoms with Crippen LogP contribution in [-0.2, 0) is 16.6 Å². The molecule has 30 heavy (non-hydrogen) atoms. The van der Waals surface area contributed by atoms with Gasteiger partial charge in [0.2, 0.25) is 16.8 Å². The number of nitrogens with one attached hydrogen (secondary N) is 1. The summed E-state index contributed by atoms with van der Waals surface area (Å²) in [6, 6.07) is 11.6. The Balaban J connectivity index is 1.40. The van der Waals surface area contributed by atoms with Gasteiger partial charge in [0, 0.05) is 25.2 Å². The second-order valence-electron chi connectivity index (χ2n) is 8.16. The van der Waals surface area contributed by atoms with Gasteiger partial charge in [-0.3, -0.25) is 4.79 Å². The summed E-state index contributed by atoms with van der Waals surface area (Å²) < 4.78 is 38.1. The van der Waals surface area contributed by atoms with E-state index in [1.807, 2.05) is 18.2 Å². The van der Waals surface area contributed by atoms with E-state index in [0.717, 1.165) is 12.0 Å². The molecule has 7 nitrogen and oxygen atoms in total. The van der Waals surface area contributed by atoms with Crippen molar-refractivity contribution in [3.63, 3.8) is 0 Å². The number of rotatable bonds is 5. The average molecular weight is 431 g/mol. The predicted octanol–water partition coefficient (Wildman–Crippen LogP) is 3.01. The molecule has 0 spiro atoms. The smallest absolute Gasteiger partial charge is 0.251 e. The molecule has 2 aromatic rings. The molecule has 4 rings (SSSR count). The van der Waals surface area contributed by atoms with E-state index < -0.39 is 10.0 Å². The topological polar surface area (TPSA) is 84.9 Å². The highest BCUT2D eigenvalue weighted by Crippen LogP contribution is 2.32. The number of fused-ring (bicyclic) bond motifs is 1. The zero-order chi connectivity index (χ0) is 21.3. The van der Waals surface area contributed by atoms with Crippen LogP contribution in [0, 0.1) is 11.8 Å². The molecule has 2 aromatic carbocycles. The molecule has 2 aliphatic heterocycles. The molecule has 8 heteroatoms. The molecule has 2 aliphatic rings. The standard InChI is InChI=1S/C22H26N2O5S/c1-15-9-16(2)13-24(12-15)30(26,27)19-6-4-18(5-7-19)22(25)23-11-17-3-8-20-21(10-17)29-14-28-20/h3-8,10,15-16H,9,11-14H2,1-2H3,(H,23,25)/t15-,16+. The molecule has 0 radical (unpaired) electrons. The van der Waals surface area contributed by atoms with Gasteiger partial charge in [0.05, 0.1) is 4.90 Å². The van der Waals surface area contributed by atoms with E-state index in [1.165, 1.54) is 12.1 Å². The summed E-state index contributed by atoms with van der Waals surface area (Å²) in [5.74, 6) is 1.77. The molecule has 0 unspecified atom stereocenters. The molecular weight excluding hydrogens is 404 g/mol. The number of nitrogens with zero attached hydrogens (tertiary/aromatic N) is 1. The highest BCUT2D eigenvalue weighted by molar-refractivity contribution is 7.89. The maximum atomic E-state index is 13.0. The fourth-order valence-corrected chi connectivity index (χ4v) is 5.74. The number of carbonyl (C=O) groups excluding carboxylic acids is 1. The van der Waals surface area contributed by atoms with E-state index in [2.05, 4.69) is 19.2 Å². The van der Waals surface area contributed by atoms with Crippen LogP contribution in [0.2, 0.25) is 0 Å². The van der Waals surface area contributed by atoms with Gasteiger partial charge < -0.3 is 14.8 Å². The number of ether oxygens (including phenoxy) is 2. The highest BCUT2D eigenvalue weighted by Gasteiger charge is 2.31. The lowest BCUT2D eigenvalue weighted by Crippen LogP contribution is -2.42. The van der Waals surface area contributed by atoms with E-state index in [-0.39, 0.29) is 17.6 Å². The van der Waals surface area contributed by atoms with Crippen molar-refractivity contribution in [1.29, 1.82) is 0 Å². The number of amides is 1. The molecule has 0 aromatic heterocycles. The van der Waals surface area contributed by atoms with Gasteiger partial charge in [-0.2, -0.15) is 4.31 Å². The lowest BCUT2D eigenvalue weighted by atomic mass is 9.94. The average Bonchev–Trinajstić information content (AvgIpc) is 3.19. The Morgan fingerprint density at radius 2 is 1.70 bits per heavy atom. The molecule has 0 saturated carbocycles. The summed E-state index contributed by atoms with van der Waals surface area (Å²) in [7, 11) is -3.56. The molecule has 0 bridgehead atoms. The summed E-state index contributed by atoms with van der Waals surface area (Å²) in [6.07, 6.45) is 1.04. The van der Waals surface area contributed by atoms with Gasteiger partial charge >= 0.3 is 0 Å². The van der Waals surface area contributed by atoms with Crippen molar-refractivity contribution in [2.45, 2.75) is 31.7 Å². The van der Waals surface area contributed by atoms with Crippen molar-refractivity contribution in [1.82, 2.24) is 9.62 Å². The van der Waals surface area contributed by atoms with Crippen LogP contribution in [0.5, 0.6) is 11.5 Å². The first kappa shape index (κ1) is 20.7. The second-order valence-corrected chi connectivity index (χ2v) is 10.1.